The summed E-state index contributed by atoms with van der Waals surface area (Å²) in [5.74, 6) is -0.135. The van der Waals surface area contributed by atoms with Crippen LogP contribution >= 0.6 is 34.5 Å². The molecule has 0 aliphatic carbocycles. The molecule has 2 aromatic heterocycles. The molecule has 0 saturated heterocycles. The van der Waals surface area contributed by atoms with Crippen molar-refractivity contribution in [3.8, 4) is 28.1 Å². The van der Waals surface area contributed by atoms with Gasteiger partial charge in [-0.15, -0.1) is 11.3 Å². The molecule has 11 heteroatoms. The van der Waals surface area contributed by atoms with Crippen molar-refractivity contribution in [3.05, 3.63) is 119 Å². The third kappa shape index (κ3) is 5.42. The largest absolute Gasteiger partial charge is 0.349 e. The molecular weight excluding hydrogens is 557 g/mol. The lowest BCUT2D eigenvalue weighted by Crippen LogP contribution is -2.30. The smallest absolute Gasteiger partial charge is 0.344 e. The Balaban J connectivity index is 1.65. The summed E-state index contributed by atoms with van der Waals surface area (Å²) in [5.41, 5.74) is 2.53. The summed E-state index contributed by atoms with van der Waals surface area (Å²) in [6.07, 6.45) is 1.37. The van der Waals surface area contributed by atoms with E-state index >= 15 is 0 Å². The summed E-state index contributed by atoms with van der Waals surface area (Å²) >= 11 is 14.4. The number of nitrogens with one attached hydrogen (secondary N) is 1. The highest BCUT2D eigenvalue weighted by atomic mass is 35.5. The number of rotatable bonds is 6. The second-order valence-electron chi connectivity index (χ2n) is 8.82. The van der Waals surface area contributed by atoms with Crippen molar-refractivity contribution in [2.24, 2.45) is 0 Å². The average molecular weight is 578 g/mol. The number of aromatic nitrogens is 4. The van der Waals surface area contributed by atoms with Crippen LogP contribution in [0.1, 0.15) is 20.2 Å². The van der Waals surface area contributed by atoms with E-state index in [1.807, 2.05) is 30.3 Å². The van der Waals surface area contributed by atoms with Gasteiger partial charge in [0.25, 0.3) is 11.5 Å². The van der Waals surface area contributed by atoms with Crippen LogP contribution in [-0.4, -0.2) is 44.7 Å². The minimum absolute atomic E-state index is 0.135. The summed E-state index contributed by atoms with van der Waals surface area (Å²) in [6, 6.07) is 20.1. The van der Waals surface area contributed by atoms with E-state index in [4.69, 9.17) is 28.2 Å². The molecule has 0 radical (unpaired) electrons. The summed E-state index contributed by atoms with van der Waals surface area (Å²) in [5, 5.41) is 5.64. The number of hydrogen-bond acceptors (Lipinski definition) is 6. The molecule has 39 heavy (non-hydrogen) atoms. The fourth-order valence-corrected chi connectivity index (χ4v) is 5.67. The van der Waals surface area contributed by atoms with E-state index in [-0.39, 0.29) is 5.91 Å². The molecule has 5 rings (SSSR count). The number of benzene rings is 3. The maximum absolute atomic E-state index is 13.0. The monoisotopic (exact) mass is 577 g/mol. The number of carbonyl (C=O) groups is 1. The zero-order chi connectivity index (χ0) is 27.7. The topological polar surface area (TPSA) is 101 Å². The van der Waals surface area contributed by atoms with Gasteiger partial charge >= 0.3 is 5.69 Å². The van der Waals surface area contributed by atoms with Gasteiger partial charge in [0.2, 0.25) is 0 Å². The van der Waals surface area contributed by atoms with Gasteiger partial charge in [0.15, 0.2) is 0 Å². The third-order valence-corrected chi connectivity index (χ3v) is 7.66. The second-order valence-corrected chi connectivity index (χ2v) is 10.7. The van der Waals surface area contributed by atoms with Crippen molar-refractivity contribution in [2.45, 2.75) is 6.42 Å². The number of halogens is 2. The Kier molecular flexibility index (Phi) is 7.47. The van der Waals surface area contributed by atoms with Gasteiger partial charge in [0.1, 0.15) is 11.1 Å². The van der Waals surface area contributed by atoms with Gasteiger partial charge in [-0.1, -0.05) is 71.7 Å². The van der Waals surface area contributed by atoms with E-state index < -0.39 is 11.2 Å². The maximum Gasteiger partial charge on any atom is 0.349 e. The number of carbonyl (C=O) groups excluding carboxylic acids is 1. The first-order valence-corrected chi connectivity index (χ1v) is 13.3. The molecule has 0 saturated carbocycles. The van der Waals surface area contributed by atoms with Crippen LogP contribution in [0.25, 0.3) is 28.1 Å². The van der Waals surface area contributed by atoms with Gasteiger partial charge in [0, 0.05) is 36.7 Å². The first kappa shape index (κ1) is 26.6. The summed E-state index contributed by atoms with van der Waals surface area (Å²) in [6.45, 7) is 0. The van der Waals surface area contributed by atoms with Gasteiger partial charge in [0.05, 0.1) is 21.4 Å². The van der Waals surface area contributed by atoms with Crippen molar-refractivity contribution < 1.29 is 4.79 Å². The van der Waals surface area contributed by atoms with Gasteiger partial charge in [-0.05, 0) is 29.3 Å². The highest BCUT2D eigenvalue weighted by Gasteiger charge is 2.23. The number of H-pyrrole nitrogens is 1. The summed E-state index contributed by atoms with van der Waals surface area (Å²) in [4.78, 5) is 46.3. The van der Waals surface area contributed by atoms with Gasteiger partial charge in [-0.2, -0.15) is 9.78 Å². The number of hydrogen-bond donors (Lipinski definition) is 1. The zero-order valence-corrected chi connectivity index (χ0v) is 23.1. The molecule has 5 aromatic rings. The average Bonchev–Trinajstić information content (AvgIpc) is 3.34. The predicted octanol–water partition coefficient (Wildman–Crippen LogP) is 5.31. The van der Waals surface area contributed by atoms with Crippen molar-refractivity contribution in [1.82, 2.24) is 24.6 Å². The number of thiazole rings is 1. The van der Waals surface area contributed by atoms with E-state index in [1.165, 1.54) is 16.2 Å². The summed E-state index contributed by atoms with van der Waals surface area (Å²) < 4.78 is 1.09. The van der Waals surface area contributed by atoms with Crippen LogP contribution in [0.4, 0.5) is 0 Å². The Morgan fingerprint density at radius 2 is 1.69 bits per heavy atom. The number of amides is 1. The van der Waals surface area contributed by atoms with E-state index in [1.54, 1.807) is 50.5 Å². The minimum Gasteiger partial charge on any atom is -0.344 e. The Morgan fingerprint density at radius 3 is 2.36 bits per heavy atom. The maximum atomic E-state index is 13.0. The molecule has 0 aliphatic heterocycles. The first-order valence-electron chi connectivity index (χ1n) is 11.8. The Morgan fingerprint density at radius 1 is 0.974 bits per heavy atom. The van der Waals surface area contributed by atoms with Gasteiger partial charge < -0.3 is 4.90 Å². The van der Waals surface area contributed by atoms with Crippen LogP contribution < -0.4 is 11.2 Å². The van der Waals surface area contributed by atoms with Crippen molar-refractivity contribution in [3.63, 3.8) is 0 Å². The van der Waals surface area contributed by atoms with Crippen LogP contribution in [0, 0.1) is 0 Å². The minimum atomic E-state index is -0.694. The first-order chi connectivity index (χ1) is 18.7. The number of aromatic amines is 1. The quantitative estimate of drug-likeness (QED) is 0.294. The Labute approximate surface area is 237 Å². The fraction of sp³-hybridized carbons (Fsp3) is 0.107. The molecule has 2 heterocycles. The molecule has 0 spiro atoms. The standard InChI is InChI=1S/C28H21Cl2N5O3S/c1-34(2)27(37)26-25(17-6-4-3-5-7-17)33-22(39-26)14-18-10-13-20(35-28(38)32-21(36)15-31-35)23(24(18)30)16-8-11-19(29)12-9-16/h3-13,15H,14H2,1-2H3,(H,32,36,38). The summed E-state index contributed by atoms with van der Waals surface area (Å²) in [7, 11) is 3.41. The second kappa shape index (κ2) is 11.0. The van der Waals surface area contributed by atoms with E-state index in [9.17, 15) is 14.4 Å². The molecule has 1 N–H and O–H groups in total. The molecule has 0 unspecified atom stereocenters. The third-order valence-electron chi connectivity index (χ3n) is 5.93. The fourth-order valence-electron chi connectivity index (χ4n) is 4.08. The van der Waals surface area contributed by atoms with E-state index in [0.29, 0.717) is 48.9 Å². The van der Waals surface area contributed by atoms with Crippen molar-refractivity contribution in [1.29, 1.82) is 0 Å². The van der Waals surface area contributed by atoms with Crippen LogP contribution in [0.5, 0.6) is 0 Å². The van der Waals surface area contributed by atoms with Crippen LogP contribution in [0.3, 0.4) is 0 Å². The SMILES string of the molecule is CN(C)C(=O)c1sc(Cc2ccc(-n3ncc(=O)[nH]c3=O)c(-c3ccc(Cl)cc3)c2Cl)nc1-c1ccccc1. The van der Waals surface area contributed by atoms with Crippen LogP contribution in [0.15, 0.2) is 82.5 Å². The molecule has 8 nitrogen and oxygen atoms in total. The Bertz CT molecular complexity index is 1800. The number of nitrogens with zero attached hydrogens (tertiary/aromatic N) is 4. The van der Waals surface area contributed by atoms with Crippen molar-refractivity contribution >= 4 is 40.4 Å². The molecular formula is C28H21Cl2N5O3S. The van der Waals surface area contributed by atoms with Crippen molar-refractivity contribution in [2.75, 3.05) is 14.1 Å². The molecule has 3 aromatic carbocycles. The Hall–Kier alpha value is -4.05. The van der Waals surface area contributed by atoms with Crippen LogP contribution in [-0.2, 0) is 6.42 Å². The molecule has 0 fully saturated rings. The molecule has 0 bridgehead atoms. The normalized spacial score (nSPS) is 11.0. The molecule has 0 atom stereocenters. The lowest BCUT2D eigenvalue weighted by atomic mass is 9.99. The van der Waals surface area contributed by atoms with E-state index in [2.05, 4.69) is 10.1 Å². The molecule has 1 amide bonds. The lowest BCUT2D eigenvalue weighted by molar-refractivity contribution is 0.0832. The van der Waals surface area contributed by atoms with Crippen LogP contribution in [0.2, 0.25) is 10.0 Å². The molecule has 0 aliphatic rings. The highest BCUT2D eigenvalue weighted by molar-refractivity contribution is 7.14. The lowest BCUT2D eigenvalue weighted by Gasteiger charge is -2.15. The van der Waals surface area contributed by atoms with Gasteiger partial charge in [-0.3, -0.25) is 14.6 Å². The molecule has 196 valence electrons. The van der Waals surface area contributed by atoms with E-state index in [0.717, 1.165) is 22.0 Å². The predicted molar refractivity (Wildman–Crippen MR) is 154 cm³/mol. The highest BCUT2D eigenvalue weighted by Crippen LogP contribution is 2.38. The zero-order valence-electron chi connectivity index (χ0n) is 20.8. The van der Waals surface area contributed by atoms with Gasteiger partial charge in [-0.25, -0.2) is 9.78 Å².